The molecule has 0 aliphatic carbocycles. The number of benzene rings is 2. The van der Waals surface area contributed by atoms with Gasteiger partial charge in [0.1, 0.15) is 17.1 Å². The molecule has 2 aromatic rings. The number of carbonyl (C=O) groups excluding carboxylic acids is 1. The van der Waals surface area contributed by atoms with Crippen LogP contribution in [-0.2, 0) is 4.74 Å². The van der Waals surface area contributed by atoms with E-state index in [-0.39, 0.29) is 23.5 Å². The molecule has 0 aliphatic heterocycles. The summed E-state index contributed by atoms with van der Waals surface area (Å²) in [5, 5.41) is 9.18. The number of carboxylic acids is 1. The van der Waals surface area contributed by atoms with Crippen LogP contribution >= 0.6 is 0 Å². The Hall–Kier alpha value is -2.89. The van der Waals surface area contributed by atoms with Gasteiger partial charge in [-0.3, -0.25) is 0 Å². The molecule has 0 radical (unpaired) electrons. The molecule has 5 nitrogen and oxygen atoms in total. The van der Waals surface area contributed by atoms with Crippen LogP contribution in [0.5, 0.6) is 5.75 Å². The molecule has 6 heteroatoms. The third-order valence-electron chi connectivity index (χ3n) is 3.23. The fourth-order valence-corrected chi connectivity index (χ4v) is 2.21. The summed E-state index contributed by atoms with van der Waals surface area (Å²) in [6, 6.07) is 8.51. The number of rotatable bonds is 5. The first kappa shape index (κ1) is 16.5. The number of ether oxygens (including phenoxy) is 2. The molecule has 2 aromatic carbocycles. The number of carboxylic acid groups (broad SMARTS) is 1. The van der Waals surface area contributed by atoms with E-state index in [9.17, 15) is 19.1 Å². The van der Waals surface area contributed by atoms with Crippen molar-refractivity contribution in [1.82, 2.24) is 0 Å². The van der Waals surface area contributed by atoms with Gasteiger partial charge in [-0.25, -0.2) is 14.0 Å². The van der Waals surface area contributed by atoms with Crippen LogP contribution in [0.25, 0.3) is 11.1 Å². The summed E-state index contributed by atoms with van der Waals surface area (Å²) in [6.45, 7) is 1.78. The lowest BCUT2D eigenvalue weighted by Gasteiger charge is -2.12. The van der Waals surface area contributed by atoms with Crippen LogP contribution in [0.2, 0.25) is 0 Å². The van der Waals surface area contributed by atoms with Gasteiger partial charge in [0.05, 0.1) is 19.3 Å². The van der Waals surface area contributed by atoms with Crippen LogP contribution in [-0.4, -0.2) is 30.8 Å². The molecule has 120 valence electrons. The van der Waals surface area contributed by atoms with Crippen LogP contribution in [0.1, 0.15) is 27.6 Å². The molecular formula is C17H15FO5. The van der Waals surface area contributed by atoms with E-state index in [2.05, 4.69) is 0 Å². The van der Waals surface area contributed by atoms with Crippen molar-refractivity contribution in [3.63, 3.8) is 0 Å². The molecule has 2 rings (SSSR count). The topological polar surface area (TPSA) is 72.8 Å². The second kappa shape index (κ2) is 6.91. The highest BCUT2D eigenvalue weighted by molar-refractivity contribution is 5.95. The SMILES string of the molecule is CCOC(=O)c1ccc(-c2cccc(C(=O)O)c2OC)cc1F. The summed E-state index contributed by atoms with van der Waals surface area (Å²) in [6.07, 6.45) is 0. The van der Waals surface area contributed by atoms with Crippen LogP contribution in [0.4, 0.5) is 4.39 Å². The van der Waals surface area contributed by atoms with E-state index in [1.165, 1.54) is 25.3 Å². The number of hydrogen-bond donors (Lipinski definition) is 1. The van der Waals surface area contributed by atoms with Gasteiger partial charge in [-0.1, -0.05) is 18.2 Å². The molecule has 0 saturated heterocycles. The van der Waals surface area contributed by atoms with Crippen LogP contribution in [0.3, 0.4) is 0 Å². The Balaban J connectivity index is 2.52. The van der Waals surface area contributed by atoms with Crippen molar-refractivity contribution in [2.75, 3.05) is 13.7 Å². The number of halogens is 1. The largest absolute Gasteiger partial charge is 0.495 e. The predicted octanol–water partition coefficient (Wildman–Crippen LogP) is 3.38. The predicted molar refractivity (Wildman–Crippen MR) is 81.3 cm³/mol. The van der Waals surface area contributed by atoms with Crippen molar-refractivity contribution in [1.29, 1.82) is 0 Å². The third-order valence-corrected chi connectivity index (χ3v) is 3.23. The highest BCUT2D eigenvalue weighted by Gasteiger charge is 2.18. The second-order valence-electron chi connectivity index (χ2n) is 4.61. The zero-order valence-electron chi connectivity index (χ0n) is 12.6. The Bertz CT molecular complexity index is 755. The van der Waals surface area contributed by atoms with Gasteiger partial charge in [0.2, 0.25) is 0 Å². The van der Waals surface area contributed by atoms with Gasteiger partial charge in [0.15, 0.2) is 0 Å². The van der Waals surface area contributed by atoms with Gasteiger partial charge in [0, 0.05) is 5.56 Å². The van der Waals surface area contributed by atoms with Crippen molar-refractivity contribution >= 4 is 11.9 Å². The van der Waals surface area contributed by atoms with Crippen molar-refractivity contribution in [2.45, 2.75) is 6.92 Å². The van der Waals surface area contributed by atoms with Crippen molar-refractivity contribution < 1.29 is 28.6 Å². The first-order valence-electron chi connectivity index (χ1n) is 6.87. The van der Waals surface area contributed by atoms with Gasteiger partial charge in [-0.15, -0.1) is 0 Å². The van der Waals surface area contributed by atoms with E-state index in [0.717, 1.165) is 6.07 Å². The second-order valence-corrected chi connectivity index (χ2v) is 4.61. The molecule has 0 bridgehead atoms. The third kappa shape index (κ3) is 3.31. The van der Waals surface area contributed by atoms with Gasteiger partial charge >= 0.3 is 11.9 Å². The standard InChI is InChI=1S/C17H15FO5/c1-3-23-17(21)12-8-7-10(9-14(12)18)11-5-4-6-13(16(19)20)15(11)22-2/h4-9H,3H2,1-2H3,(H,19,20). The molecule has 0 unspecified atom stereocenters. The molecule has 0 saturated carbocycles. The molecule has 0 fully saturated rings. The molecular weight excluding hydrogens is 303 g/mol. The maximum atomic E-state index is 14.1. The average Bonchev–Trinajstić information content (AvgIpc) is 2.53. The summed E-state index contributed by atoms with van der Waals surface area (Å²) in [4.78, 5) is 22.8. The highest BCUT2D eigenvalue weighted by Crippen LogP contribution is 2.34. The van der Waals surface area contributed by atoms with Crippen molar-refractivity contribution in [3.05, 3.63) is 53.3 Å². The van der Waals surface area contributed by atoms with Crippen molar-refractivity contribution in [2.24, 2.45) is 0 Å². The Morgan fingerprint density at radius 3 is 2.48 bits per heavy atom. The smallest absolute Gasteiger partial charge is 0.341 e. The molecule has 23 heavy (non-hydrogen) atoms. The van der Waals surface area contributed by atoms with Gasteiger partial charge < -0.3 is 14.6 Å². The minimum absolute atomic E-state index is 0.0279. The monoisotopic (exact) mass is 318 g/mol. The number of aromatic carboxylic acids is 1. The summed E-state index contributed by atoms with van der Waals surface area (Å²) >= 11 is 0. The molecule has 0 heterocycles. The molecule has 0 spiro atoms. The molecule has 0 amide bonds. The van der Waals surface area contributed by atoms with E-state index in [1.54, 1.807) is 19.1 Å². The van der Waals surface area contributed by atoms with Gasteiger partial charge in [0.25, 0.3) is 0 Å². The maximum absolute atomic E-state index is 14.1. The molecule has 1 N–H and O–H groups in total. The quantitative estimate of drug-likeness (QED) is 0.856. The molecule has 0 aromatic heterocycles. The Labute approximate surface area is 132 Å². The van der Waals surface area contributed by atoms with Crippen LogP contribution < -0.4 is 4.74 Å². The lowest BCUT2D eigenvalue weighted by atomic mass is 9.99. The average molecular weight is 318 g/mol. The van der Waals surface area contributed by atoms with Gasteiger partial charge in [-0.05, 0) is 30.7 Å². The van der Waals surface area contributed by atoms with Crippen molar-refractivity contribution in [3.8, 4) is 16.9 Å². The summed E-state index contributed by atoms with van der Waals surface area (Å²) in [5.41, 5.74) is 0.612. The first-order chi connectivity index (χ1) is 11.0. The van der Waals surface area contributed by atoms with E-state index >= 15 is 0 Å². The van der Waals surface area contributed by atoms with E-state index in [0.29, 0.717) is 11.1 Å². The Morgan fingerprint density at radius 2 is 1.91 bits per heavy atom. The lowest BCUT2D eigenvalue weighted by molar-refractivity contribution is 0.0520. The summed E-state index contributed by atoms with van der Waals surface area (Å²) in [5.74, 6) is -2.51. The van der Waals surface area contributed by atoms with E-state index in [4.69, 9.17) is 9.47 Å². The Kier molecular flexibility index (Phi) is 4.95. The lowest BCUT2D eigenvalue weighted by Crippen LogP contribution is -2.07. The number of hydrogen-bond acceptors (Lipinski definition) is 4. The maximum Gasteiger partial charge on any atom is 0.341 e. The summed E-state index contributed by atoms with van der Waals surface area (Å²) < 4.78 is 24.1. The number of para-hydroxylation sites is 1. The van der Waals surface area contributed by atoms with Crippen LogP contribution in [0, 0.1) is 5.82 Å². The van der Waals surface area contributed by atoms with E-state index < -0.39 is 17.8 Å². The first-order valence-corrected chi connectivity index (χ1v) is 6.87. The zero-order chi connectivity index (χ0) is 17.0. The normalized spacial score (nSPS) is 10.2. The van der Waals surface area contributed by atoms with Crippen LogP contribution in [0.15, 0.2) is 36.4 Å². The van der Waals surface area contributed by atoms with E-state index in [1.807, 2.05) is 0 Å². The Morgan fingerprint density at radius 1 is 1.17 bits per heavy atom. The number of methoxy groups -OCH3 is 1. The molecule has 0 aliphatic rings. The number of carbonyl (C=O) groups is 2. The molecule has 0 atom stereocenters. The fraction of sp³-hybridized carbons (Fsp3) is 0.176. The summed E-state index contributed by atoms with van der Waals surface area (Å²) in [7, 11) is 1.34. The fourth-order valence-electron chi connectivity index (χ4n) is 2.21. The highest BCUT2D eigenvalue weighted by atomic mass is 19.1. The minimum Gasteiger partial charge on any atom is -0.495 e. The zero-order valence-corrected chi connectivity index (χ0v) is 12.6. The minimum atomic E-state index is -1.15. The van der Waals surface area contributed by atoms with Gasteiger partial charge in [-0.2, -0.15) is 0 Å². The number of esters is 1.